The van der Waals surface area contributed by atoms with Crippen molar-refractivity contribution >= 4 is 39.6 Å². The summed E-state index contributed by atoms with van der Waals surface area (Å²) < 4.78 is 68.4. The number of fused-ring (bicyclic) bond motifs is 1. The molecule has 0 aliphatic carbocycles. The number of piperidine rings is 1. The Hall–Kier alpha value is -3.66. The smallest absolute Gasteiger partial charge is 0.399 e. The van der Waals surface area contributed by atoms with Crippen LogP contribution in [0.1, 0.15) is 58.1 Å². The number of nitrogens with zero attached hydrogens (tertiary/aromatic N) is 5. The van der Waals surface area contributed by atoms with Gasteiger partial charge in [-0.1, -0.05) is 12.1 Å². The summed E-state index contributed by atoms with van der Waals surface area (Å²) in [5, 5.41) is 3.53. The van der Waals surface area contributed by atoms with E-state index in [-0.39, 0.29) is 24.2 Å². The summed E-state index contributed by atoms with van der Waals surface area (Å²) in [4.78, 5) is 22.1. The fraction of sp³-hybridized carbons (Fsp3) is 0.452. The molecule has 46 heavy (non-hydrogen) atoms. The third-order valence-electron chi connectivity index (χ3n) is 9.16. The Kier molecular flexibility index (Phi) is 8.32. The van der Waals surface area contributed by atoms with Gasteiger partial charge in [0.15, 0.2) is 0 Å². The Bertz CT molecular complexity index is 1910. The molecule has 11 nitrogen and oxygen atoms in total. The van der Waals surface area contributed by atoms with Gasteiger partial charge in [0.05, 0.1) is 29.6 Å². The molecule has 0 atom stereocenters. The molecule has 4 aromatic rings. The molecule has 3 aromatic heterocycles. The molecule has 244 valence electrons. The lowest BCUT2D eigenvalue weighted by Crippen LogP contribution is -2.42. The molecule has 1 N–H and O–H groups in total. The zero-order valence-electron chi connectivity index (χ0n) is 26.4. The van der Waals surface area contributed by atoms with Crippen LogP contribution in [0.2, 0.25) is 0 Å². The molecular formula is C31H37BF2N6O5S. The molecule has 0 radical (unpaired) electrons. The Morgan fingerprint density at radius 1 is 1.07 bits per heavy atom. The van der Waals surface area contributed by atoms with Crippen molar-refractivity contribution in [1.29, 1.82) is 0 Å². The van der Waals surface area contributed by atoms with E-state index >= 15 is 0 Å². The van der Waals surface area contributed by atoms with Gasteiger partial charge in [0.25, 0.3) is 12.0 Å². The van der Waals surface area contributed by atoms with Gasteiger partial charge in [-0.2, -0.15) is 4.98 Å². The lowest BCUT2D eigenvalue weighted by atomic mass is 9.81. The number of alkyl halides is 2. The number of benzene rings is 1. The highest BCUT2D eigenvalue weighted by molar-refractivity contribution is 7.88. The van der Waals surface area contributed by atoms with Crippen LogP contribution in [0.5, 0.6) is 0 Å². The maximum absolute atomic E-state index is 13.9. The van der Waals surface area contributed by atoms with Crippen LogP contribution in [0, 0.1) is 0 Å². The van der Waals surface area contributed by atoms with Crippen molar-refractivity contribution in [2.24, 2.45) is 0 Å². The molecule has 5 heterocycles. The largest absolute Gasteiger partial charge is 0.496 e. The van der Waals surface area contributed by atoms with Crippen molar-refractivity contribution in [3.05, 3.63) is 76.5 Å². The summed E-state index contributed by atoms with van der Waals surface area (Å²) in [7, 11) is -3.76. The predicted molar refractivity (Wildman–Crippen MR) is 172 cm³/mol. The quantitative estimate of drug-likeness (QED) is 0.286. The number of nitrogens with one attached hydrogen (secondary N) is 1. The van der Waals surface area contributed by atoms with Crippen LogP contribution in [-0.4, -0.2) is 75.5 Å². The summed E-state index contributed by atoms with van der Waals surface area (Å²) in [6.07, 6.45) is 4.61. The van der Waals surface area contributed by atoms with E-state index in [1.54, 1.807) is 0 Å². The van der Waals surface area contributed by atoms with E-state index in [1.165, 1.54) is 21.3 Å². The maximum atomic E-state index is 13.9. The molecule has 0 saturated carbocycles. The molecule has 0 spiro atoms. The second-order valence-corrected chi connectivity index (χ2v) is 14.9. The first-order valence-electron chi connectivity index (χ1n) is 15.1. The minimum atomic E-state index is -3.27. The van der Waals surface area contributed by atoms with Crippen LogP contribution >= 0.6 is 0 Å². The number of sulfonamides is 1. The highest BCUT2D eigenvalue weighted by Gasteiger charge is 2.51. The lowest BCUT2D eigenvalue weighted by Gasteiger charge is -2.32. The summed E-state index contributed by atoms with van der Waals surface area (Å²) in [6, 6.07) is 10.5. The third-order valence-corrected chi connectivity index (χ3v) is 10.5. The van der Waals surface area contributed by atoms with Gasteiger partial charge in [-0.05, 0) is 70.4 Å². The molecule has 2 saturated heterocycles. The lowest BCUT2D eigenvalue weighted by molar-refractivity contribution is 0.00578. The number of anilines is 1. The molecule has 0 bridgehead atoms. The van der Waals surface area contributed by atoms with Gasteiger partial charge in [0.2, 0.25) is 16.0 Å². The summed E-state index contributed by atoms with van der Waals surface area (Å²) in [5.74, 6) is 0.240. The van der Waals surface area contributed by atoms with Crippen LogP contribution in [0.4, 0.5) is 14.7 Å². The second-order valence-electron chi connectivity index (χ2n) is 13.0. The minimum absolute atomic E-state index is 0.0181. The molecule has 0 unspecified atom stereocenters. The summed E-state index contributed by atoms with van der Waals surface area (Å²) >= 11 is 0. The Labute approximate surface area is 266 Å². The fourth-order valence-electron chi connectivity index (χ4n) is 5.72. The SMILES string of the molecule is CC1(C)OB(c2ccn(-c3ccc(Cn4c(=O)c(C(F)F)cc5cnc(NC6CCN(S(C)(=O)=O)CC6)nc54)cc3)c2)OC1(C)C. The second kappa shape index (κ2) is 11.9. The topological polar surface area (TPSA) is 121 Å². The van der Waals surface area contributed by atoms with Gasteiger partial charge < -0.3 is 19.2 Å². The number of hydrogen-bond donors (Lipinski definition) is 1. The van der Waals surface area contributed by atoms with E-state index in [0.717, 1.165) is 22.8 Å². The first-order valence-corrected chi connectivity index (χ1v) is 17.0. The Morgan fingerprint density at radius 2 is 1.72 bits per heavy atom. The van der Waals surface area contributed by atoms with Gasteiger partial charge in [-0.25, -0.2) is 26.5 Å². The zero-order valence-corrected chi connectivity index (χ0v) is 27.2. The molecule has 15 heteroatoms. The Morgan fingerprint density at radius 3 is 2.33 bits per heavy atom. The maximum Gasteiger partial charge on any atom is 0.496 e. The van der Waals surface area contributed by atoms with Gasteiger partial charge in [-0.3, -0.25) is 9.36 Å². The minimum Gasteiger partial charge on any atom is -0.399 e. The fourth-order valence-corrected chi connectivity index (χ4v) is 6.59. The summed E-state index contributed by atoms with van der Waals surface area (Å²) in [6.45, 7) is 8.77. The molecule has 2 fully saturated rings. The predicted octanol–water partition coefficient (Wildman–Crippen LogP) is 3.70. The molecule has 2 aliphatic heterocycles. The average molecular weight is 655 g/mol. The number of rotatable bonds is 8. The van der Waals surface area contributed by atoms with E-state index in [9.17, 15) is 22.0 Å². The first-order chi connectivity index (χ1) is 21.6. The first kappa shape index (κ1) is 32.3. The van der Waals surface area contributed by atoms with Crippen molar-refractivity contribution in [2.75, 3.05) is 24.7 Å². The number of halogens is 2. The number of pyridine rings is 1. The van der Waals surface area contributed by atoms with E-state index in [0.29, 0.717) is 31.3 Å². The van der Waals surface area contributed by atoms with Crippen LogP contribution < -0.4 is 16.3 Å². The molecule has 6 rings (SSSR count). The average Bonchev–Trinajstić information content (AvgIpc) is 3.56. The molecule has 0 amide bonds. The molecule has 1 aromatic carbocycles. The van der Waals surface area contributed by atoms with Crippen LogP contribution in [0.25, 0.3) is 16.7 Å². The van der Waals surface area contributed by atoms with E-state index in [4.69, 9.17) is 9.31 Å². The third kappa shape index (κ3) is 6.33. The highest BCUT2D eigenvalue weighted by Crippen LogP contribution is 2.36. The molecular weight excluding hydrogens is 617 g/mol. The van der Waals surface area contributed by atoms with E-state index in [2.05, 4.69) is 15.3 Å². The van der Waals surface area contributed by atoms with Crippen molar-refractivity contribution in [3.63, 3.8) is 0 Å². The normalized spacial score (nSPS) is 18.9. The van der Waals surface area contributed by atoms with Crippen molar-refractivity contribution in [1.82, 2.24) is 23.4 Å². The van der Waals surface area contributed by atoms with E-state index in [1.807, 2.05) is 75.0 Å². The van der Waals surface area contributed by atoms with Crippen LogP contribution in [0.15, 0.2) is 59.8 Å². The van der Waals surface area contributed by atoms with Crippen LogP contribution in [0.3, 0.4) is 0 Å². The van der Waals surface area contributed by atoms with Crippen molar-refractivity contribution < 1.29 is 26.5 Å². The molecule has 2 aliphatic rings. The summed E-state index contributed by atoms with van der Waals surface area (Å²) in [5.41, 5.74) is 0.338. The van der Waals surface area contributed by atoms with Crippen LogP contribution in [-0.2, 0) is 25.9 Å². The van der Waals surface area contributed by atoms with Gasteiger partial charge >= 0.3 is 7.12 Å². The Balaban J connectivity index is 1.23. The van der Waals surface area contributed by atoms with Crippen molar-refractivity contribution in [3.8, 4) is 5.69 Å². The monoisotopic (exact) mass is 654 g/mol. The van der Waals surface area contributed by atoms with Crippen molar-refractivity contribution in [2.45, 2.75) is 70.8 Å². The number of aromatic nitrogens is 4. The van der Waals surface area contributed by atoms with Gasteiger partial charge in [0.1, 0.15) is 5.65 Å². The number of hydrogen-bond acceptors (Lipinski definition) is 8. The van der Waals surface area contributed by atoms with Gasteiger partial charge in [0, 0.05) is 54.3 Å². The standard InChI is InChI=1S/C31H37BF2N6O5S/c1-30(2)31(3,4)45-32(44-30)22-10-13-38(19-22)24-8-6-20(7-9-24)18-40-27-21(16-25(26(33)34)28(40)41)17-35-29(37-27)36-23-11-14-39(15-12-23)46(5,42)43/h6-10,13,16-17,19,23,26H,11-12,14-15,18H2,1-5H3,(H,35,36,37). The zero-order chi connectivity index (χ0) is 33.0. The van der Waals surface area contributed by atoms with Gasteiger partial charge in [-0.15, -0.1) is 0 Å². The van der Waals surface area contributed by atoms with E-state index < -0.39 is 45.9 Å². The highest BCUT2D eigenvalue weighted by atomic mass is 32.2.